The Morgan fingerprint density at radius 1 is 1.23 bits per heavy atom. The van der Waals surface area contributed by atoms with Crippen LogP contribution in [0.3, 0.4) is 0 Å². The van der Waals surface area contributed by atoms with Gasteiger partial charge in [-0.2, -0.15) is 5.10 Å². The number of hydrogen-bond donors (Lipinski definition) is 0. The van der Waals surface area contributed by atoms with Gasteiger partial charge < -0.3 is 9.42 Å². The highest BCUT2D eigenvalue weighted by molar-refractivity contribution is 7.13. The Balaban J connectivity index is 1.44. The van der Waals surface area contributed by atoms with Crippen molar-refractivity contribution in [1.82, 2.24) is 19.8 Å². The molecule has 0 bridgehead atoms. The summed E-state index contributed by atoms with van der Waals surface area (Å²) < 4.78 is 7.08. The molecule has 0 aliphatic heterocycles. The van der Waals surface area contributed by atoms with E-state index in [0.29, 0.717) is 18.0 Å². The standard InChI is InChI=1S/C19H16N4O2S/c1-22(13-14-5-7-15(8-6-14)23-10-3-9-20-23)19(24)16-12-17(25-21-16)18-4-2-11-26-18/h2-12H,13H2,1H3. The van der Waals surface area contributed by atoms with E-state index in [1.165, 1.54) is 0 Å². The average Bonchev–Trinajstić information content (AvgIpc) is 3.43. The molecule has 4 rings (SSSR count). The Bertz CT molecular complexity index is 989. The normalized spacial score (nSPS) is 10.8. The number of rotatable bonds is 5. The van der Waals surface area contributed by atoms with Crippen molar-refractivity contribution in [1.29, 1.82) is 0 Å². The van der Waals surface area contributed by atoms with Crippen molar-refractivity contribution in [3.05, 3.63) is 77.6 Å². The van der Waals surface area contributed by atoms with Gasteiger partial charge in [0, 0.05) is 32.1 Å². The molecule has 3 aromatic heterocycles. The third-order valence-electron chi connectivity index (χ3n) is 3.97. The summed E-state index contributed by atoms with van der Waals surface area (Å²) in [6, 6.07) is 15.4. The minimum atomic E-state index is -0.173. The van der Waals surface area contributed by atoms with Gasteiger partial charge in [0.15, 0.2) is 11.5 Å². The van der Waals surface area contributed by atoms with Gasteiger partial charge in [0.05, 0.1) is 10.6 Å². The fraction of sp³-hybridized carbons (Fsp3) is 0.105. The molecular weight excluding hydrogens is 348 g/mol. The SMILES string of the molecule is CN(Cc1ccc(-n2cccn2)cc1)C(=O)c1cc(-c2cccs2)on1. The molecule has 0 atom stereocenters. The van der Waals surface area contributed by atoms with Crippen LogP contribution >= 0.6 is 11.3 Å². The smallest absolute Gasteiger partial charge is 0.276 e. The fourth-order valence-electron chi connectivity index (χ4n) is 2.63. The van der Waals surface area contributed by atoms with Gasteiger partial charge in [0.1, 0.15) is 0 Å². The Kier molecular flexibility index (Phi) is 4.37. The molecule has 0 N–H and O–H groups in total. The van der Waals surface area contributed by atoms with E-state index in [0.717, 1.165) is 16.1 Å². The van der Waals surface area contributed by atoms with Crippen molar-refractivity contribution < 1.29 is 9.32 Å². The van der Waals surface area contributed by atoms with Crippen LogP contribution in [0.2, 0.25) is 0 Å². The van der Waals surface area contributed by atoms with E-state index in [9.17, 15) is 4.79 Å². The first kappa shape index (κ1) is 16.3. The largest absolute Gasteiger partial charge is 0.355 e. The van der Waals surface area contributed by atoms with Crippen LogP contribution in [0.25, 0.3) is 16.3 Å². The highest BCUT2D eigenvalue weighted by Crippen LogP contribution is 2.25. The second kappa shape index (κ2) is 6.97. The van der Waals surface area contributed by atoms with E-state index in [1.807, 2.05) is 54.0 Å². The molecule has 1 aromatic carbocycles. The van der Waals surface area contributed by atoms with Crippen LogP contribution in [-0.2, 0) is 6.54 Å². The molecule has 0 unspecified atom stereocenters. The molecule has 7 heteroatoms. The highest BCUT2D eigenvalue weighted by atomic mass is 32.1. The third-order valence-corrected chi connectivity index (χ3v) is 4.85. The first-order valence-electron chi connectivity index (χ1n) is 8.06. The van der Waals surface area contributed by atoms with Crippen molar-refractivity contribution in [3.63, 3.8) is 0 Å². The van der Waals surface area contributed by atoms with E-state index < -0.39 is 0 Å². The summed E-state index contributed by atoms with van der Waals surface area (Å²) in [6.07, 6.45) is 3.63. The maximum atomic E-state index is 12.6. The van der Waals surface area contributed by atoms with Crippen molar-refractivity contribution in [2.24, 2.45) is 0 Å². The van der Waals surface area contributed by atoms with Gasteiger partial charge in [-0.3, -0.25) is 4.79 Å². The van der Waals surface area contributed by atoms with Crippen LogP contribution in [0.4, 0.5) is 0 Å². The van der Waals surface area contributed by atoms with Gasteiger partial charge in [-0.05, 0) is 35.2 Å². The summed E-state index contributed by atoms with van der Waals surface area (Å²) in [5.41, 5.74) is 2.31. The third kappa shape index (κ3) is 3.29. The molecule has 6 nitrogen and oxygen atoms in total. The first-order valence-corrected chi connectivity index (χ1v) is 8.94. The molecule has 26 heavy (non-hydrogen) atoms. The van der Waals surface area contributed by atoms with Gasteiger partial charge in [-0.25, -0.2) is 4.68 Å². The van der Waals surface area contributed by atoms with Crippen LogP contribution in [-0.4, -0.2) is 32.8 Å². The number of carbonyl (C=O) groups is 1. The first-order chi connectivity index (χ1) is 12.7. The van der Waals surface area contributed by atoms with Crippen molar-refractivity contribution >= 4 is 17.2 Å². The van der Waals surface area contributed by atoms with E-state index >= 15 is 0 Å². The maximum absolute atomic E-state index is 12.6. The second-order valence-corrected chi connectivity index (χ2v) is 6.78. The number of benzene rings is 1. The van der Waals surface area contributed by atoms with Crippen molar-refractivity contribution in [3.8, 4) is 16.3 Å². The zero-order valence-electron chi connectivity index (χ0n) is 14.1. The molecule has 1 amide bonds. The minimum absolute atomic E-state index is 0.173. The average molecular weight is 364 g/mol. The van der Waals surface area contributed by atoms with Crippen LogP contribution in [0.15, 0.2) is 70.8 Å². The molecular formula is C19H16N4O2S. The monoisotopic (exact) mass is 364 g/mol. The van der Waals surface area contributed by atoms with Crippen molar-refractivity contribution in [2.45, 2.75) is 6.54 Å². The van der Waals surface area contributed by atoms with Gasteiger partial charge in [-0.15, -0.1) is 11.3 Å². The Morgan fingerprint density at radius 2 is 2.08 bits per heavy atom. The summed E-state index contributed by atoms with van der Waals surface area (Å²) in [5, 5.41) is 10.1. The Hall–Kier alpha value is -3.19. The topological polar surface area (TPSA) is 64.2 Å². The number of thiophene rings is 1. The molecule has 3 heterocycles. The Morgan fingerprint density at radius 3 is 2.77 bits per heavy atom. The lowest BCUT2D eigenvalue weighted by atomic mass is 10.2. The van der Waals surface area contributed by atoms with Crippen molar-refractivity contribution in [2.75, 3.05) is 7.05 Å². The van der Waals surface area contributed by atoms with Crippen LogP contribution < -0.4 is 0 Å². The maximum Gasteiger partial charge on any atom is 0.276 e. The van der Waals surface area contributed by atoms with E-state index in [1.54, 1.807) is 40.2 Å². The quantitative estimate of drug-likeness (QED) is 0.539. The summed E-state index contributed by atoms with van der Waals surface area (Å²) in [6.45, 7) is 0.486. The second-order valence-electron chi connectivity index (χ2n) is 5.83. The van der Waals surface area contributed by atoms with Gasteiger partial charge in [-0.1, -0.05) is 23.4 Å². The lowest BCUT2D eigenvalue weighted by Gasteiger charge is -2.15. The molecule has 0 fully saturated rings. The fourth-order valence-corrected chi connectivity index (χ4v) is 3.30. The predicted molar refractivity (Wildman–Crippen MR) is 99.2 cm³/mol. The molecule has 0 aliphatic rings. The minimum Gasteiger partial charge on any atom is -0.355 e. The molecule has 0 saturated carbocycles. The molecule has 0 saturated heterocycles. The summed E-state index contributed by atoms with van der Waals surface area (Å²) >= 11 is 1.55. The van der Waals surface area contributed by atoms with Gasteiger partial charge in [0.2, 0.25) is 0 Å². The van der Waals surface area contributed by atoms with Gasteiger partial charge in [0.25, 0.3) is 5.91 Å². The predicted octanol–water partition coefficient (Wildman–Crippen LogP) is 3.86. The van der Waals surface area contributed by atoms with Crippen LogP contribution in [0.1, 0.15) is 16.1 Å². The summed E-state index contributed by atoms with van der Waals surface area (Å²) in [4.78, 5) is 15.2. The number of nitrogens with zero attached hydrogens (tertiary/aromatic N) is 4. The lowest BCUT2D eigenvalue weighted by Crippen LogP contribution is -2.26. The summed E-state index contributed by atoms with van der Waals surface area (Å²) in [5.74, 6) is 0.438. The van der Waals surface area contributed by atoms with E-state index in [-0.39, 0.29) is 5.91 Å². The zero-order chi connectivity index (χ0) is 17.9. The zero-order valence-corrected chi connectivity index (χ0v) is 14.9. The Labute approximate surface area is 154 Å². The number of aromatic nitrogens is 3. The molecule has 0 radical (unpaired) electrons. The van der Waals surface area contributed by atoms with Crippen LogP contribution in [0.5, 0.6) is 0 Å². The van der Waals surface area contributed by atoms with Gasteiger partial charge >= 0.3 is 0 Å². The molecule has 0 aliphatic carbocycles. The highest BCUT2D eigenvalue weighted by Gasteiger charge is 2.18. The van der Waals surface area contributed by atoms with E-state index in [4.69, 9.17) is 4.52 Å². The van der Waals surface area contributed by atoms with Crippen LogP contribution in [0, 0.1) is 0 Å². The number of hydrogen-bond acceptors (Lipinski definition) is 5. The number of carbonyl (C=O) groups excluding carboxylic acids is 1. The summed E-state index contributed by atoms with van der Waals surface area (Å²) in [7, 11) is 1.75. The van der Waals surface area contributed by atoms with E-state index in [2.05, 4.69) is 10.3 Å². The molecule has 130 valence electrons. The number of amides is 1. The molecule has 0 spiro atoms. The lowest BCUT2D eigenvalue weighted by molar-refractivity contribution is 0.0775. The molecule has 4 aromatic rings.